The maximum atomic E-state index is 10.6. The van der Waals surface area contributed by atoms with Crippen molar-refractivity contribution in [3.63, 3.8) is 0 Å². The van der Waals surface area contributed by atoms with Gasteiger partial charge in [-0.3, -0.25) is 9.97 Å². The first-order valence-corrected chi connectivity index (χ1v) is 13.6. The Balaban J connectivity index is 1.32. The lowest BCUT2D eigenvalue weighted by Crippen LogP contribution is -2.22. The molecule has 3 heteroatoms. The molecule has 0 saturated heterocycles. The molecule has 5 rings (SSSR count). The molecule has 1 N–H and O–H groups in total. The van der Waals surface area contributed by atoms with E-state index in [2.05, 4.69) is 82.3 Å². The van der Waals surface area contributed by atoms with Gasteiger partial charge in [-0.05, 0) is 70.2 Å². The van der Waals surface area contributed by atoms with Crippen molar-refractivity contribution in [2.45, 2.75) is 51.4 Å². The van der Waals surface area contributed by atoms with Crippen LogP contribution in [0.5, 0.6) is 5.75 Å². The minimum absolute atomic E-state index is 0.139. The lowest BCUT2D eigenvalue weighted by atomic mass is 9.77. The van der Waals surface area contributed by atoms with Crippen LogP contribution in [-0.2, 0) is 23.7 Å². The van der Waals surface area contributed by atoms with E-state index in [1.807, 2.05) is 60.9 Å². The molecule has 0 aliphatic rings. The number of pyridine rings is 2. The van der Waals surface area contributed by atoms with E-state index in [1.54, 1.807) is 0 Å². The molecule has 0 atom stereocenters. The van der Waals surface area contributed by atoms with Gasteiger partial charge in [0.1, 0.15) is 5.75 Å². The molecule has 0 radical (unpaired) electrons. The maximum absolute atomic E-state index is 10.6. The van der Waals surface area contributed by atoms with Crippen molar-refractivity contribution in [2.75, 3.05) is 0 Å². The van der Waals surface area contributed by atoms with Crippen molar-refractivity contribution < 1.29 is 5.11 Å². The van der Waals surface area contributed by atoms with Crippen molar-refractivity contribution in [3.8, 4) is 28.3 Å². The van der Waals surface area contributed by atoms with Crippen molar-refractivity contribution in [1.29, 1.82) is 0 Å². The lowest BCUT2D eigenvalue weighted by Gasteiger charge is -2.27. The van der Waals surface area contributed by atoms with Crippen LogP contribution in [-0.4, -0.2) is 15.1 Å². The number of hydrogen-bond donors (Lipinski definition) is 1. The van der Waals surface area contributed by atoms with Crippen LogP contribution in [0.15, 0.2) is 116 Å². The highest BCUT2D eigenvalue weighted by Crippen LogP contribution is 2.33. The van der Waals surface area contributed by atoms with Gasteiger partial charge in [0.05, 0.1) is 11.4 Å². The topological polar surface area (TPSA) is 46.0 Å². The van der Waals surface area contributed by atoms with Crippen LogP contribution >= 0.6 is 0 Å². The summed E-state index contributed by atoms with van der Waals surface area (Å²) in [4.78, 5) is 9.49. The van der Waals surface area contributed by atoms with Crippen LogP contribution in [0, 0.1) is 0 Å². The molecule has 0 aliphatic heterocycles. The van der Waals surface area contributed by atoms with E-state index in [9.17, 15) is 5.11 Å². The van der Waals surface area contributed by atoms with E-state index < -0.39 is 0 Å². The van der Waals surface area contributed by atoms with Gasteiger partial charge in [0.25, 0.3) is 0 Å². The number of phenols is 1. The first-order chi connectivity index (χ1) is 18.7. The van der Waals surface area contributed by atoms with Crippen molar-refractivity contribution in [1.82, 2.24) is 9.97 Å². The third kappa shape index (κ3) is 6.26. The molecule has 5 aromatic rings. The van der Waals surface area contributed by atoms with Crippen molar-refractivity contribution in [2.24, 2.45) is 0 Å². The fourth-order valence-corrected chi connectivity index (χ4v) is 5.32. The van der Waals surface area contributed by atoms with Gasteiger partial charge in [0.2, 0.25) is 0 Å². The van der Waals surface area contributed by atoms with Crippen LogP contribution in [0.4, 0.5) is 0 Å². The van der Waals surface area contributed by atoms with Crippen LogP contribution in [0.3, 0.4) is 0 Å². The first kappa shape index (κ1) is 26.4. The summed E-state index contributed by atoms with van der Waals surface area (Å²) in [6, 6.07) is 35.0. The number of aromatic hydroxyl groups is 1. The van der Waals surface area contributed by atoms with Gasteiger partial charge in [-0.15, -0.1) is 0 Å². The van der Waals surface area contributed by atoms with E-state index in [1.165, 1.54) is 11.1 Å². The number of hydrogen-bond acceptors (Lipinski definition) is 3. The molecule has 2 aromatic heterocycles. The van der Waals surface area contributed by atoms with Crippen molar-refractivity contribution >= 4 is 0 Å². The zero-order valence-corrected chi connectivity index (χ0v) is 23.2. The van der Waals surface area contributed by atoms with Gasteiger partial charge in [-0.2, -0.15) is 0 Å². The minimum atomic E-state index is -0.139. The van der Waals surface area contributed by atoms with Gasteiger partial charge >= 0.3 is 0 Å². The molecule has 0 unspecified atom stereocenters. The van der Waals surface area contributed by atoms with E-state index in [0.29, 0.717) is 5.75 Å². The predicted octanol–water partition coefficient (Wildman–Crippen LogP) is 8.56. The monoisotopic (exact) mass is 512 g/mol. The highest BCUT2D eigenvalue weighted by Gasteiger charge is 2.25. The van der Waals surface area contributed by atoms with E-state index in [0.717, 1.165) is 46.5 Å². The highest BCUT2D eigenvalue weighted by molar-refractivity contribution is 5.60. The van der Waals surface area contributed by atoms with Crippen LogP contribution in [0.2, 0.25) is 0 Å². The molecular weight excluding hydrogens is 476 g/mol. The van der Waals surface area contributed by atoms with E-state index in [4.69, 9.17) is 9.97 Å². The zero-order chi connectivity index (χ0) is 27.5. The average molecular weight is 513 g/mol. The van der Waals surface area contributed by atoms with Gasteiger partial charge in [-0.25, -0.2) is 0 Å². The third-order valence-corrected chi connectivity index (χ3v) is 7.56. The standard InChI is InChI=1S/C36H36N2O/c1-35(2,30-15-17-33(37-24-30)28-11-7-5-8-12-28)22-26-19-27(21-32(39)20-26)23-36(3,4)31-16-18-34(38-25-31)29-13-9-6-10-14-29/h5-21,24-25,39H,22-23H2,1-4H3. The summed E-state index contributed by atoms with van der Waals surface area (Å²) in [6.07, 6.45) is 5.57. The summed E-state index contributed by atoms with van der Waals surface area (Å²) >= 11 is 0. The molecule has 0 spiro atoms. The SMILES string of the molecule is CC(C)(Cc1cc(O)cc(CC(C)(C)c2ccc(-c3ccccc3)nc2)c1)c1ccc(-c2ccccc2)nc1. The molecule has 0 fully saturated rings. The molecule has 0 amide bonds. The Labute approximate surface area is 232 Å². The highest BCUT2D eigenvalue weighted by atomic mass is 16.3. The quantitative estimate of drug-likeness (QED) is 0.226. The van der Waals surface area contributed by atoms with Crippen LogP contribution < -0.4 is 0 Å². The minimum Gasteiger partial charge on any atom is -0.508 e. The summed E-state index contributed by atoms with van der Waals surface area (Å²) in [6.45, 7) is 8.94. The smallest absolute Gasteiger partial charge is 0.116 e. The second-order valence-electron chi connectivity index (χ2n) is 11.7. The fraction of sp³-hybridized carbons (Fsp3) is 0.222. The van der Waals surface area contributed by atoms with Crippen LogP contribution in [0.25, 0.3) is 22.5 Å². The number of benzene rings is 3. The Morgan fingerprint density at radius 3 is 1.31 bits per heavy atom. The number of rotatable bonds is 8. The largest absolute Gasteiger partial charge is 0.508 e. The lowest BCUT2D eigenvalue weighted by molar-refractivity contribution is 0.467. The maximum Gasteiger partial charge on any atom is 0.116 e. The summed E-state index contributed by atoms with van der Waals surface area (Å²) < 4.78 is 0. The summed E-state index contributed by atoms with van der Waals surface area (Å²) in [5.74, 6) is 0.309. The second kappa shape index (κ2) is 10.9. The molecule has 196 valence electrons. The van der Waals surface area contributed by atoms with Crippen LogP contribution in [0.1, 0.15) is 49.9 Å². The fourth-order valence-electron chi connectivity index (χ4n) is 5.32. The number of phenolic OH excluding ortho intramolecular Hbond substituents is 1. The molecule has 0 bridgehead atoms. The Hall–Kier alpha value is -4.24. The first-order valence-electron chi connectivity index (χ1n) is 13.6. The molecule has 3 nitrogen and oxygen atoms in total. The average Bonchev–Trinajstić information content (AvgIpc) is 2.93. The molecule has 2 heterocycles. The predicted molar refractivity (Wildman–Crippen MR) is 161 cm³/mol. The third-order valence-electron chi connectivity index (χ3n) is 7.56. The van der Waals surface area contributed by atoms with Gasteiger partial charge in [0.15, 0.2) is 0 Å². The summed E-state index contributed by atoms with van der Waals surface area (Å²) in [5, 5.41) is 10.6. The molecule has 39 heavy (non-hydrogen) atoms. The van der Waals surface area contributed by atoms with Gasteiger partial charge < -0.3 is 5.11 Å². The Morgan fingerprint density at radius 2 is 0.949 bits per heavy atom. The Morgan fingerprint density at radius 1 is 0.538 bits per heavy atom. The molecule has 3 aromatic carbocycles. The Bertz CT molecular complexity index is 1410. The summed E-state index contributed by atoms with van der Waals surface area (Å²) in [7, 11) is 0. The van der Waals surface area contributed by atoms with Gasteiger partial charge in [-0.1, -0.05) is 107 Å². The molecule has 0 aliphatic carbocycles. The summed E-state index contributed by atoms with van der Waals surface area (Å²) in [5.41, 5.74) is 8.51. The molecule has 0 saturated carbocycles. The number of aromatic nitrogens is 2. The van der Waals surface area contributed by atoms with E-state index >= 15 is 0 Å². The zero-order valence-electron chi connectivity index (χ0n) is 23.2. The van der Waals surface area contributed by atoms with E-state index in [-0.39, 0.29) is 10.8 Å². The van der Waals surface area contributed by atoms with Crippen molar-refractivity contribution in [3.05, 3.63) is 138 Å². The van der Waals surface area contributed by atoms with Gasteiger partial charge in [0, 0.05) is 23.5 Å². The normalized spacial score (nSPS) is 11.9. The Kier molecular flexibility index (Phi) is 7.34. The number of nitrogens with zero attached hydrogens (tertiary/aromatic N) is 2. The molecular formula is C36H36N2O. The second-order valence-corrected chi connectivity index (χ2v) is 11.7.